The molecule has 5 nitrogen and oxygen atoms in total. The van der Waals surface area contributed by atoms with Gasteiger partial charge in [0.05, 0.1) is 11.1 Å². The van der Waals surface area contributed by atoms with Crippen LogP contribution in [0.5, 0.6) is 0 Å². The Hall–Kier alpha value is -2.65. The Balaban J connectivity index is 2.59. The van der Waals surface area contributed by atoms with Crippen molar-refractivity contribution in [2.45, 2.75) is 30.2 Å². The van der Waals surface area contributed by atoms with Crippen molar-refractivity contribution in [1.29, 1.82) is 5.26 Å². The lowest BCUT2D eigenvalue weighted by Crippen LogP contribution is -2.40. The van der Waals surface area contributed by atoms with Crippen molar-refractivity contribution in [3.8, 4) is 6.07 Å². The minimum Gasteiger partial charge on any atom is -0.262 e. The molecular weight excluding hydrogens is 424 g/mol. The molecule has 0 spiro atoms. The molecule has 12 heteroatoms. The Morgan fingerprint density at radius 1 is 1.10 bits per heavy atom. The van der Waals surface area contributed by atoms with E-state index in [4.69, 9.17) is 5.26 Å². The zero-order valence-corrected chi connectivity index (χ0v) is 15.7. The Morgan fingerprint density at radius 2 is 1.72 bits per heavy atom. The van der Waals surface area contributed by atoms with E-state index in [-0.39, 0.29) is 9.87 Å². The molecule has 0 N–H and O–H groups in total. The van der Waals surface area contributed by atoms with Gasteiger partial charge >= 0.3 is 12.4 Å². The second-order valence-electron chi connectivity index (χ2n) is 6.06. The molecule has 0 radical (unpaired) electrons. The normalized spacial score (nSPS) is 13.9. The minimum absolute atomic E-state index is 0.00674. The molecule has 0 aliphatic carbocycles. The van der Waals surface area contributed by atoms with Crippen LogP contribution >= 0.6 is 0 Å². The van der Waals surface area contributed by atoms with E-state index in [1.807, 2.05) is 0 Å². The predicted molar refractivity (Wildman–Crippen MR) is 88.9 cm³/mol. The van der Waals surface area contributed by atoms with Crippen molar-refractivity contribution in [2.24, 2.45) is 0 Å². The van der Waals surface area contributed by atoms with E-state index in [0.717, 1.165) is 25.4 Å². The van der Waals surface area contributed by atoms with Crippen LogP contribution in [0.25, 0.3) is 0 Å². The van der Waals surface area contributed by atoms with Crippen molar-refractivity contribution < 1.29 is 34.8 Å². The monoisotopic (exact) mass is 437 g/mol. The molecule has 2 aromatic rings. The maximum atomic E-state index is 13.7. The van der Waals surface area contributed by atoms with Crippen LogP contribution in [0.3, 0.4) is 0 Å². The lowest BCUT2D eigenvalue weighted by Gasteiger charge is -2.30. The molecule has 1 heterocycles. The highest BCUT2D eigenvalue weighted by atomic mass is 32.2. The molecule has 0 bridgehead atoms. The second-order valence-corrected chi connectivity index (χ2v) is 8.06. The minimum atomic E-state index is -5.13. The van der Waals surface area contributed by atoms with Gasteiger partial charge in [0, 0.05) is 19.4 Å². The first-order valence-electron chi connectivity index (χ1n) is 7.77. The number of sulfonamides is 1. The molecule has 0 aliphatic rings. The SMILES string of the molecule is Cc1cc(C(N(C)S(=O)(=O)c2cncc(C#N)c2)C(F)(F)F)ccc1C(F)(F)F. The van der Waals surface area contributed by atoms with Gasteiger partial charge in [0.25, 0.3) is 0 Å². The Labute approximate surface area is 162 Å². The molecule has 2 rings (SSSR count). The van der Waals surface area contributed by atoms with E-state index in [1.54, 1.807) is 6.07 Å². The number of nitriles is 1. The van der Waals surface area contributed by atoms with Crippen molar-refractivity contribution >= 4 is 10.0 Å². The molecule has 1 atom stereocenters. The number of pyridine rings is 1. The van der Waals surface area contributed by atoms with Crippen LogP contribution in [0, 0.1) is 18.3 Å². The van der Waals surface area contributed by atoms with Gasteiger partial charge < -0.3 is 0 Å². The van der Waals surface area contributed by atoms with Crippen LogP contribution in [-0.2, 0) is 16.2 Å². The van der Waals surface area contributed by atoms with Gasteiger partial charge in [0.15, 0.2) is 0 Å². The first-order valence-corrected chi connectivity index (χ1v) is 9.21. The van der Waals surface area contributed by atoms with Crippen LogP contribution in [0.4, 0.5) is 26.3 Å². The van der Waals surface area contributed by atoms with Gasteiger partial charge in [-0.15, -0.1) is 0 Å². The standard InChI is InChI=1S/C17H13F6N3O2S/c1-10-5-12(3-4-14(10)16(18,19)20)15(17(21,22)23)26(2)29(27,28)13-6-11(7-24)8-25-9-13/h3-6,8-9,15H,1-2H3. The number of halogens is 6. The number of alkyl halides is 6. The van der Waals surface area contributed by atoms with E-state index in [2.05, 4.69) is 4.98 Å². The molecular formula is C17H13F6N3O2S. The first kappa shape index (κ1) is 22.6. The zero-order chi connectivity index (χ0) is 22.2. The topological polar surface area (TPSA) is 74.1 Å². The summed E-state index contributed by atoms with van der Waals surface area (Å²) in [7, 11) is -4.12. The molecule has 1 unspecified atom stereocenters. The number of rotatable bonds is 4. The number of hydrogen-bond acceptors (Lipinski definition) is 4. The largest absolute Gasteiger partial charge is 0.416 e. The molecule has 0 saturated carbocycles. The number of benzene rings is 1. The van der Waals surface area contributed by atoms with Gasteiger partial charge in [-0.1, -0.05) is 12.1 Å². The molecule has 0 fully saturated rings. The zero-order valence-electron chi connectivity index (χ0n) is 14.9. The molecule has 29 heavy (non-hydrogen) atoms. The molecule has 1 aromatic carbocycles. The van der Waals surface area contributed by atoms with Gasteiger partial charge in [-0.2, -0.15) is 35.9 Å². The van der Waals surface area contributed by atoms with E-state index in [9.17, 15) is 34.8 Å². The third kappa shape index (κ3) is 4.68. The number of hydrogen-bond donors (Lipinski definition) is 0. The number of aryl methyl sites for hydroxylation is 1. The molecule has 0 aliphatic heterocycles. The summed E-state index contributed by atoms with van der Waals surface area (Å²) in [4.78, 5) is 2.86. The van der Waals surface area contributed by atoms with Crippen LogP contribution in [0.2, 0.25) is 0 Å². The fourth-order valence-electron chi connectivity index (χ4n) is 2.71. The van der Waals surface area contributed by atoms with E-state index in [1.165, 1.54) is 0 Å². The van der Waals surface area contributed by atoms with Crippen LogP contribution in [0.1, 0.15) is 28.3 Å². The van der Waals surface area contributed by atoms with E-state index < -0.39 is 50.0 Å². The average Bonchev–Trinajstić information content (AvgIpc) is 2.59. The third-order valence-corrected chi connectivity index (χ3v) is 5.85. The molecule has 0 amide bonds. The van der Waals surface area contributed by atoms with Gasteiger partial charge in [-0.05, 0) is 30.2 Å². The lowest BCUT2D eigenvalue weighted by molar-refractivity contribution is -0.171. The van der Waals surface area contributed by atoms with Crippen molar-refractivity contribution in [2.75, 3.05) is 7.05 Å². The first-order chi connectivity index (χ1) is 13.2. The Morgan fingerprint density at radius 3 is 2.21 bits per heavy atom. The third-order valence-electron chi connectivity index (χ3n) is 4.06. The highest BCUT2D eigenvalue weighted by Gasteiger charge is 2.48. The van der Waals surface area contributed by atoms with Crippen molar-refractivity contribution in [3.63, 3.8) is 0 Å². The fraction of sp³-hybridized carbons (Fsp3) is 0.294. The molecule has 1 aromatic heterocycles. The summed E-state index contributed by atoms with van der Waals surface area (Å²) in [6.07, 6.45) is -8.09. The van der Waals surface area contributed by atoms with Gasteiger partial charge in [-0.3, -0.25) is 4.98 Å². The maximum absolute atomic E-state index is 13.7. The molecule has 0 saturated heterocycles. The Bertz CT molecular complexity index is 1060. The summed E-state index contributed by atoms with van der Waals surface area (Å²) in [5.74, 6) is 0. The van der Waals surface area contributed by atoms with Crippen molar-refractivity contribution in [3.05, 3.63) is 58.9 Å². The van der Waals surface area contributed by atoms with Gasteiger partial charge in [0.1, 0.15) is 17.0 Å². The van der Waals surface area contributed by atoms with Crippen LogP contribution < -0.4 is 0 Å². The summed E-state index contributed by atoms with van der Waals surface area (Å²) in [5.41, 5.74) is -2.48. The maximum Gasteiger partial charge on any atom is 0.416 e. The number of aromatic nitrogens is 1. The summed E-state index contributed by atoms with van der Waals surface area (Å²) in [6, 6.07) is 1.43. The highest BCUT2D eigenvalue weighted by molar-refractivity contribution is 7.89. The second kappa shape index (κ2) is 7.64. The highest BCUT2D eigenvalue weighted by Crippen LogP contribution is 2.41. The summed E-state index contributed by atoms with van der Waals surface area (Å²) >= 11 is 0. The predicted octanol–water partition coefficient (Wildman–Crippen LogP) is 4.20. The average molecular weight is 437 g/mol. The lowest BCUT2D eigenvalue weighted by atomic mass is 10.00. The quantitative estimate of drug-likeness (QED) is 0.672. The number of nitrogens with zero attached hydrogens (tertiary/aromatic N) is 3. The van der Waals surface area contributed by atoms with Crippen LogP contribution in [-0.4, -0.2) is 30.9 Å². The van der Waals surface area contributed by atoms with E-state index >= 15 is 0 Å². The Kier molecular flexibility index (Phi) is 5.97. The smallest absolute Gasteiger partial charge is 0.262 e. The summed E-state index contributed by atoms with van der Waals surface area (Å²) < 4.78 is 105. The van der Waals surface area contributed by atoms with Gasteiger partial charge in [-0.25, -0.2) is 8.42 Å². The van der Waals surface area contributed by atoms with Gasteiger partial charge in [0.2, 0.25) is 10.0 Å². The van der Waals surface area contributed by atoms with E-state index in [0.29, 0.717) is 25.2 Å². The van der Waals surface area contributed by atoms with Crippen molar-refractivity contribution in [1.82, 2.24) is 9.29 Å². The fourth-order valence-corrected chi connectivity index (χ4v) is 4.03. The summed E-state index contributed by atoms with van der Waals surface area (Å²) in [6.45, 7) is 0.981. The van der Waals surface area contributed by atoms with Crippen LogP contribution in [0.15, 0.2) is 41.6 Å². The summed E-state index contributed by atoms with van der Waals surface area (Å²) in [5, 5.41) is 8.83. The molecule has 156 valence electrons.